The molecule has 1 aromatic rings. The van der Waals surface area contributed by atoms with Crippen LogP contribution in [0.2, 0.25) is 5.02 Å². The second kappa shape index (κ2) is 6.20. The SMILES string of the molecule is CC(=O)SCC(O)C(O)c1ncc(Cl)cc1N. The number of aromatic nitrogens is 1. The molecule has 5 nitrogen and oxygen atoms in total. The molecule has 0 aliphatic heterocycles. The highest BCUT2D eigenvalue weighted by Gasteiger charge is 2.22. The Labute approximate surface area is 108 Å². The lowest BCUT2D eigenvalue weighted by atomic mass is 10.1. The molecule has 0 spiro atoms. The van der Waals surface area contributed by atoms with Crippen LogP contribution in [0.5, 0.6) is 0 Å². The number of anilines is 1. The molecule has 0 aromatic carbocycles. The molecular formula is C10H13ClN2O3S. The van der Waals surface area contributed by atoms with Crippen molar-refractivity contribution < 1.29 is 15.0 Å². The Morgan fingerprint density at radius 2 is 2.29 bits per heavy atom. The van der Waals surface area contributed by atoms with Crippen molar-refractivity contribution in [3.05, 3.63) is 23.0 Å². The highest BCUT2D eigenvalue weighted by molar-refractivity contribution is 8.13. The number of nitrogens with two attached hydrogens (primary N) is 1. The molecule has 4 N–H and O–H groups in total. The number of nitrogens with zero attached hydrogens (tertiary/aromatic N) is 1. The first-order chi connectivity index (χ1) is 7.91. The maximum atomic E-state index is 10.7. The van der Waals surface area contributed by atoms with Crippen molar-refractivity contribution in [3.8, 4) is 0 Å². The minimum atomic E-state index is -1.24. The number of carbonyl (C=O) groups is 1. The lowest BCUT2D eigenvalue weighted by Gasteiger charge is -2.17. The molecule has 1 heterocycles. The molecule has 2 atom stereocenters. The van der Waals surface area contributed by atoms with Gasteiger partial charge in [0.25, 0.3) is 0 Å². The third-order valence-corrected chi connectivity index (χ3v) is 3.14. The minimum absolute atomic E-state index is 0.0836. The van der Waals surface area contributed by atoms with Crippen LogP contribution in [0.15, 0.2) is 12.3 Å². The number of pyridine rings is 1. The normalized spacial score (nSPS) is 14.4. The van der Waals surface area contributed by atoms with Crippen molar-refractivity contribution in [2.45, 2.75) is 19.1 Å². The van der Waals surface area contributed by atoms with Crippen LogP contribution in [-0.4, -0.2) is 32.2 Å². The Kier molecular flexibility index (Phi) is 5.20. The van der Waals surface area contributed by atoms with Crippen LogP contribution in [0.25, 0.3) is 0 Å². The van der Waals surface area contributed by atoms with Crippen LogP contribution in [0.4, 0.5) is 5.69 Å². The highest BCUT2D eigenvalue weighted by atomic mass is 35.5. The van der Waals surface area contributed by atoms with Crippen molar-refractivity contribution >= 4 is 34.2 Å². The largest absolute Gasteiger partial charge is 0.397 e. The Morgan fingerprint density at radius 1 is 1.65 bits per heavy atom. The number of aliphatic hydroxyl groups excluding tert-OH is 2. The van der Waals surface area contributed by atoms with E-state index >= 15 is 0 Å². The van der Waals surface area contributed by atoms with Gasteiger partial charge in [-0.05, 0) is 6.07 Å². The number of halogens is 1. The Balaban J connectivity index is 2.74. The van der Waals surface area contributed by atoms with Gasteiger partial charge in [0.2, 0.25) is 0 Å². The van der Waals surface area contributed by atoms with Gasteiger partial charge in [-0.25, -0.2) is 0 Å². The average molecular weight is 277 g/mol. The smallest absolute Gasteiger partial charge is 0.185 e. The third kappa shape index (κ3) is 4.16. The van der Waals surface area contributed by atoms with Crippen LogP contribution in [-0.2, 0) is 4.79 Å². The highest BCUT2D eigenvalue weighted by Crippen LogP contribution is 2.25. The third-order valence-electron chi connectivity index (χ3n) is 2.02. The quantitative estimate of drug-likeness (QED) is 0.759. The van der Waals surface area contributed by atoms with Crippen molar-refractivity contribution in [2.75, 3.05) is 11.5 Å². The average Bonchev–Trinajstić information content (AvgIpc) is 2.25. The molecule has 0 saturated heterocycles. The van der Waals surface area contributed by atoms with Crippen LogP contribution in [0.1, 0.15) is 18.7 Å². The Morgan fingerprint density at radius 3 is 2.82 bits per heavy atom. The fourth-order valence-electron chi connectivity index (χ4n) is 1.19. The maximum Gasteiger partial charge on any atom is 0.185 e. The van der Waals surface area contributed by atoms with Crippen molar-refractivity contribution in [3.63, 3.8) is 0 Å². The van der Waals surface area contributed by atoms with Gasteiger partial charge in [-0.1, -0.05) is 23.4 Å². The molecule has 17 heavy (non-hydrogen) atoms. The number of rotatable bonds is 4. The number of thioether (sulfide) groups is 1. The molecule has 1 aromatic heterocycles. The molecule has 0 fully saturated rings. The molecule has 0 amide bonds. The van der Waals surface area contributed by atoms with E-state index in [1.165, 1.54) is 19.2 Å². The Hall–Kier alpha value is -0.820. The van der Waals surface area contributed by atoms with E-state index in [1.54, 1.807) is 0 Å². The second-order valence-corrected chi connectivity index (χ2v) is 5.08. The maximum absolute atomic E-state index is 10.7. The molecular weight excluding hydrogens is 264 g/mol. The van der Waals surface area contributed by atoms with E-state index in [1.807, 2.05) is 0 Å². The van der Waals surface area contributed by atoms with E-state index < -0.39 is 12.2 Å². The summed E-state index contributed by atoms with van der Waals surface area (Å²) < 4.78 is 0. The molecule has 0 saturated carbocycles. The molecule has 0 aliphatic carbocycles. The first-order valence-electron chi connectivity index (χ1n) is 4.82. The van der Waals surface area contributed by atoms with Gasteiger partial charge in [-0.2, -0.15) is 0 Å². The minimum Gasteiger partial charge on any atom is -0.397 e. The first-order valence-corrected chi connectivity index (χ1v) is 6.18. The standard InChI is InChI=1S/C10H13ClN2O3S/c1-5(14)17-4-8(15)10(16)9-7(12)2-6(11)3-13-9/h2-3,8,10,15-16H,4,12H2,1H3. The van der Waals surface area contributed by atoms with E-state index in [2.05, 4.69) is 4.98 Å². The zero-order chi connectivity index (χ0) is 13.0. The predicted molar refractivity (Wildman–Crippen MR) is 67.8 cm³/mol. The first kappa shape index (κ1) is 14.2. The molecule has 7 heteroatoms. The zero-order valence-electron chi connectivity index (χ0n) is 9.13. The summed E-state index contributed by atoms with van der Waals surface area (Å²) >= 11 is 6.60. The number of aliphatic hydroxyl groups is 2. The molecule has 0 bridgehead atoms. The lowest BCUT2D eigenvalue weighted by molar-refractivity contribution is -0.109. The molecule has 2 unspecified atom stereocenters. The molecule has 0 radical (unpaired) electrons. The van der Waals surface area contributed by atoms with Gasteiger partial charge in [0, 0.05) is 18.9 Å². The zero-order valence-corrected chi connectivity index (χ0v) is 10.7. The van der Waals surface area contributed by atoms with Gasteiger partial charge in [-0.3, -0.25) is 9.78 Å². The predicted octanol–water partition coefficient (Wildman–Crippen LogP) is 0.991. The summed E-state index contributed by atoms with van der Waals surface area (Å²) in [6, 6.07) is 1.44. The summed E-state index contributed by atoms with van der Waals surface area (Å²) in [4.78, 5) is 14.6. The van der Waals surface area contributed by atoms with Gasteiger partial charge in [-0.15, -0.1) is 0 Å². The van der Waals surface area contributed by atoms with Gasteiger partial charge < -0.3 is 15.9 Å². The van der Waals surface area contributed by atoms with Gasteiger partial charge in [0.15, 0.2) is 5.12 Å². The van der Waals surface area contributed by atoms with Crippen LogP contribution >= 0.6 is 23.4 Å². The summed E-state index contributed by atoms with van der Waals surface area (Å²) in [5.74, 6) is 0.0836. The fraction of sp³-hybridized carbons (Fsp3) is 0.400. The summed E-state index contributed by atoms with van der Waals surface area (Å²) in [6.45, 7) is 1.39. The van der Waals surface area contributed by atoms with Gasteiger partial charge >= 0.3 is 0 Å². The summed E-state index contributed by atoms with van der Waals surface area (Å²) in [7, 11) is 0. The van der Waals surface area contributed by atoms with Crippen LogP contribution in [0.3, 0.4) is 0 Å². The van der Waals surface area contributed by atoms with Crippen molar-refractivity contribution in [1.82, 2.24) is 4.98 Å². The molecule has 94 valence electrons. The number of nitrogen functional groups attached to an aromatic ring is 1. The van der Waals surface area contributed by atoms with Crippen LogP contribution in [0, 0.1) is 0 Å². The fourth-order valence-corrected chi connectivity index (χ4v) is 1.94. The Bertz CT molecular complexity index is 417. The van der Waals surface area contributed by atoms with E-state index in [4.69, 9.17) is 17.3 Å². The summed E-state index contributed by atoms with van der Waals surface area (Å²) in [6.07, 6.45) is -1.01. The topological polar surface area (TPSA) is 96.4 Å². The monoisotopic (exact) mass is 276 g/mol. The van der Waals surface area contributed by atoms with Crippen LogP contribution < -0.4 is 5.73 Å². The molecule has 1 rings (SSSR count). The number of carbonyl (C=O) groups excluding carboxylic acids is 1. The lowest BCUT2D eigenvalue weighted by Crippen LogP contribution is -2.23. The van der Waals surface area contributed by atoms with Crippen molar-refractivity contribution in [2.24, 2.45) is 0 Å². The van der Waals surface area contributed by atoms with E-state index in [0.717, 1.165) is 11.8 Å². The van der Waals surface area contributed by atoms with E-state index in [0.29, 0.717) is 5.02 Å². The van der Waals surface area contributed by atoms with Gasteiger partial charge in [0.05, 0.1) is 22.5 Å². The second-order valence-electron chi connectivity index (χ2n) is 3.44. The van der Waals surface area contributed by atoms with E-state index in [9.17, 15) is 15.0 Å². The summed E-state index contributed by atoms with van der Waals surface area (Å²) in [5.41, 5.74) is 5.99. The summed E-state index contributed by atoms with van der Waals surface area (Å²) in [5, 5.41) is 19.7. The van der Waals surface area contributed by atoms with Crippen molar-refractivity contribution in [1.29, 1.82) is 0 Å². The van der Waals surface area contributed by atoms with E-state index in [-0.39, 0.29) is 22.2 Å². The molecule has 0 aliphatic rings. The van der Waals surface area contributed by atoms with Gasteiger partial charge in [0.1, 0.15) is 6.10 Å². The number of hydrogen-bond donors (Lipinski definition) is 3. The number of hydrogen-bond acceptors (Lipinski definition) is 6.